The van der Waals surface area contributed by atoms with E-state index in [0.29, 0.717) is 6.04 Å². The summed E-state index contributed by atoms with van der Waals surface area (Å²) in [5, 5.41) is 3.54. The van der Waals surface area contributed by atoms with Crippen molar-refractivity contribution in [2.24, 2.45) is 0 Å². The zero-order chi connectivity index (χ0) is 9.10. The molecule has 1 N–H and O–H groups in total. The van der Waals surface area contributed by atoms with Crippen LogP contribution in [0.3, 0.4) is 0 Å². The van der Waals surface area contributed by atoms with Gasteiger partial charge in [0, 0.05) is 10.5 Å². The van der Waals surface area contributed by atoms with E-state index in [9.17, 15) is 0 Å². The second kappa shape index (κ2) is 4.25. The van der Waals surface area contributed by atoms with Gasteiger partial charge in [-0.25, -0.2) is 0 Å². The summed E-state index contributed by atoms with van der Waals surface area (Å²) in [5.41, 5.74) is 1.41. The summed E-state index contributed by atoms with van der Waals surface area (Å²) < 4.78 is 1.18. The Morgan fingerprint density at radius 2 is 2.23 bits per heavy atom. The van der Waals surface area contributed by atoms with Crippen LogP contribution in [0.15, 0.2) is 28.7 Å². The van der Waals surface area contributed by atoms with Crippen LogP contribution in [0.5, 0.6) is 0 Å². The van der Waals surface area contributed by atoms with Crippen LogP contribution in [0.25, 0.3) is 0 Å². The Bertz CT molecular complexity index is 279. The van der Waals surface area contributed by atoms with Gasteiger partial charge in [-0.15, -0.1) is 0 Å². The number of hydrogen-bond donors (Lipinski definition) is 1. The minimum Gasteiger partial charge on any atom is -0.310 e. The number of nitrogens with one attached hydrogen (secondary N) is 1. The number of benzene rings is 1. The van der Waals surface area contributed by atoms with Gasteiger partial charge in [-0.1, -0.05) is 34.5 Å². The zero-order valence-electron chi connectivity index (χ0n) is 7.59. The van der Waals surface area contributed by atoms with Gasteiger partial charge < -0.3 is 5.32 Å². The third-order valence-corrected chi connectivity index (χ3v) is 3.05. The molecule has 0 aliphatic carbocycles. The smallest absolute Gasteiger partial charge is 0.0320 e. The molecule has 0 aromatic heterocycles. The van der Waals surface area contributed by atoms with Gasteiger partial charge in [0.05, 0.1) is 0 Å². The van der Waals surface area contributed by atoms with E-state index in [1.54, 1.807) is 0 Å². The van der Waals surface area contributed by atoms with E-state index in [4.69, 9.17) is 0 Å². The second-order valence-electron chi connectivity index (χ2n) is 3.56. The van der Waals surface area contributed by atoms with Crippen molar-refractivity contribution >= 4 is 15.9 Å². The summed E-state index contributed by atoms with van der Waals surface area (Å²) in [7, 11) is 0. The molecule has 1 saturated heterocycles. The monoisotopic (exact) mass is 239 g/mol. The van der Waals surface area contributed by atoms with E-state index in [2.05, 4.69) is 45.5 Å². The molecular formula is C11H14BrN. The Morgan fingerprint density at radius 1 is 1.31 bits per heavy atom. The van der Waals surface area contributed by atoms with Crippen molar-refractivity contribution in [1.29, 1.82) is 0 Å². The van der Waals surface area contributed by atoms with Crippen LogP contribution in [0.4, 0.5) is 0 Å². The molecule has 0 unspecified atom stereocenters. The lowest BCUT2D eigenvalue weighted by Gasteiger charge is -2.23. The van der Waals surface area contributed by atoms with Gasteiger partial charge in [0.25, 0.3) is 0 Å². The van der Waals surface area contributed by atoms with Crippen molar-refractivity contribution in [3.63, 3.8) is 0 Å². The molecule has 0 saturated carbocycles. The van der Waals surface area contributed by atoms with Crippen molar-refractivity contribution in [2.45, 2.75) is 25.3 Å². The predicted octanol–water partition coefficient (Wildman–Crippen LogP) is 3.26. The molecule has 0 radical (unpaired) electrons. The highest BCUT2D eigenvalue weighted by Crippen LogP contribution is 2.24. The first-order valence-corrected chi connectivity index (χ1v) is 5.64. The molecule has 1 aromatic carbocycles. The molecule has 2 heteroatoms. The van der Waals surface area contributed by atoms with Crippen LogP contribution in [-0.2, 0) is 0 Å². The second-order valence-corrected chi connectivity index (χ2v) is 4.47. The third-order valence-electron chi connectivity index (χ3n) is 2.56. The Morgan fingerprint density at radius 3 is 2.92 bits per heavy atom. The van der Waals surface area contributed by atoms with E-state index in [1.807, 2.05) is 0 Å². The Hall–Kier alpha value is -0.340. The van der Waals surface area contributed by atoms with E-state index in [-0.39, 0.29) is 0 Å². The molecule has 1 aliphatic rings. The van der Waals surface area contributed by atoms with Gasteiger partial charge in [-0.05, 0) is 37.1 Å². The molecule has 1 aliphatic heterocycles. The van der Waals surface area contributed by atoms with Gasteiger partial charge in [-0.3, -0.25) is 0 Å². The van der Waals surface area contributed by atoms with E-state index in [0.717, 1.165) is 6.54 Å². The van der Waals surface area contributed by atoms with Crippen molar-refractivity contribution in [1.82, 2.24) is 5.32 Å². The highest BCUT2D eigenvalue weighted by Gasteiger charge is 2.13. The number of hydrogen-bond acceptors (Lipinski definition) is 1. The maximum absolute atomic E-state index is 3.54. The van der Waals surface area contributed by atoms with Crippen LogP contribution in [0.2, 0.25) is 0 Å². The third kappa shape index (κ3) is 2.32. The SMILES string of the molecule is Brc1cccc([C@@H]2CCCCN2)c1. The Labute approximate surface area is 87.7 Å². The van der Waals surface area contributed by atoms with Crippen LogP contribution in [0, 0.1) is 0 Å². The minimum atomic E-state index is 0.575. The van der Waals surface area contributed by atoms with Gasteiger partial charge in [0.1, 0.15) is 0 Å². The summed E-state index contributed by atoms with van der Waals surface area (Å²) in [6.45, 7) is 1.16. The zero-order valence-corrected chi connectivity index (χ0v) is 9.18. The van der Waals surface area contributed by atoms with Gasteiger partial charge in [-0.2, -0.15) is 0 Å². The fourth-order valence-corrected chi connectivity index (χ4v) is 2.28. The molecule has 1 heterocycles. The van der Waals surface area contributed by atoms with Gasteiger partial charge >= 0.3 is 0 Å². The number of rotatable bonds is 1. The maximum atomic E-state index is 3.54. The Kier molecular flexibility index (Phi) is 3.01. The van der Waals surface area contributed by atoms with Crippen molar-refractivity contribution < 1.29 is 0 Å². The van der Waals surface area contributed by atoms with Crippen molar-refractivity contribution in [3.05, 3.63) is 34.3 Å². The van der Waals surface area contributed by atoms with Crippen LogP contribution < -0.4 is 5.32 Å². The molecule has 70 valence electrons. The normalized spacial score (nSPS) is 23.0. The van der Waals surface area contributed by atoms with Crippen LogP contribution >= 0.6 is 15.9 Å². The van der Waals surface area contributed by atoms with Gasteiger partial charge in [0.2, 0.25) is 0 Å². The quantitative estimate of drug-likeness (QED) is 0.794. The minimum absolute atomic E-state index is 0.575. The summed E-state index contributed by atoms with van der Waals surface area (Å²) in [5.74, 6) is 0. The topological polar surface area (TPSA) is 12.0 Å². The summed E-state index contributed by atoms with van der Waals surface area (Å²) in [4.78, 5) is 0. The fraction of sp³-hybridized carbons (Fsp3) is 0.455. The molecule has 1 atom stereocenters. The predicted molar refractivity (Wildman–Crippen MR) is 58.7 cm³/mol. The summed E-state index contributed by atoms with van der Waals surface area (Å²) in [6.07, 6.45) is 3.95. The maximum Gasteiger partial charge on any atom is 0.0320 e. The average molecular weight is 240 g/mol. The lowest BCUT2D eigenvalue weighted by molar-refractivity contribution is 0.412. The fourth-order valence-electron chi connectivity index (χ4n) is 1.86. The van der Waals surface area contributed by atoms with Crippen LogP contribution in [-0.4, -0.2) is 6.54 Å². The summed E-state index contributed by atoms with van der Waals surface area (Å²) in [6, 6.07) is 9.17. The standard InChI is InChI=1S/C11H14BrN/c12-10-5-3-4-9(8-10)11-6-1-2-7-13-11/h3-5,8,11,13H,1-2,6-7H2/t11-/m0/s1. The number of piperidine rings is 1. The first-order valence-electron chi connectivity index (χ1n) is 4.85. The molecule has 1 fully saturated rings. The number of halogens is 1. The van der Waals surface area contributed by atoms with E-state index >= 15 is 0 Å². The van der Waals surface area contributed by atoms with E-state index < -0.39 is 0 Å². The lowest BCUT2D eigenvalue weighted by Crippen LogP contribution is -2.26. The molecule has 1 nitrogen and oxygen atoms in total. The lowest BCUT2D eigenvalue weighted by atomic mass is 9.98. The van der Waals surface area contributed by atoms with Crippen molar-refractivity contribution in [3.8, 4) is 0 Å². The molecule has 13 heavy (non-hydrogen) atoms. The summed E-state index contributed by atoms with van der Waals surface area (Å²) >= 11 is 3.50. The first kappa shape index (κ1) is 9.22. The molecule has 0 amide bonds. The van der Waals surface area contributed by atoms with Gasteiger partial charge in [0.15, 0.2) is 0 Å². The van der Waals surface area contributed by atoms with Crippen LogP contribution in [0.1, 0.15) is 30.9 Å². The molecular weight excluding hydrogens is 226 g/mol. The van der Waals surface area contributed by atoms with E-state index in [1.165, 1.54) is 29.3 Å². The molecule has 2 rings (SSSR count). The molecule has 1 aromatic rings. The highest BCUT2D eigenvalue weighted by molar-refractivity contribution is 9.10. The first-order chi connectivity index (χ1) is 6.36. The largest absolute Gasteiger partial charge is 0.310 e. The molecule has 0 bridgehead atoms. The highest BCUT2D eigenvalue weighted by atomic mass is 79.9. The Balaban J connectivity index is 2.14. The molecule has 0 spiro atoms. The van der Waals surface area contributed by atoms with Crippen molar-refractivity contribution in [2.75, 3.05) is 6.54 Å². The average Bonchev–Trinajstić information content (AvgIpc) is 2.19.